The lowest BCUT2D eigenvalue weighted by atomic mass is 10.2. The molecule has 82 valence electrons. The van der Waals surface area contributed by atoms with Crippen LogP contribution in [0, 0.1) is 12.8 Å². The van der Waals surface area contributed by atoms with E-state index in [-0.39, 0.29) is 0 Å². The van der Waals surface area contributed by atoms with Crippen molar-refractivity contribution in [3.05, 3.63) is 36.3 Å². The fourth-order valence-electron chi connectivity index (χ4n) is 1.87. The molecule has 1 fully saturated rings. The van der Waals surface area contributed by atoms with Gasteiger partial charge in [0.25, 0.3) is 0 Å². The number of imidazole rings is 1. The van der Waals surface area contributed by atoms with Crippen molar-refractivity contribution in [2.24, 2.45) is 5.92 Å². The first-order valence-corrected chi connectivity index (χ1v) is 5.77. The van der Waals surface area contributed by atoms with Gasteiger partial charge >= 0.3 is 0 Å². The summed E-state index contributed by atoms with van der Waals surface area (Å²) in [6.07, 6.45) is 8.53. The van der Waals surface area contributed by atoms with Crippen molar-refractivity contribution in [1.82, 2.24) is 14.5 Å². The van der Waals surface area contributed by atoms with Gasteiger partial charge in [-0.3, -0.25) is 4.98 Å². The maximum absolute atomic E-state index is 4.43. The van der Waals surface area contributed by atoms with Gasteiger partial charge in [0, 0.05) is 25.1 Å². The summed E-state index contributed by atoms with van der Waals surface area (Å²) in [6, 6.07) is 4.12. The van der Waals surface area contributed by atoms with Crippen LogP contribution in [0.3, 0.4) is 0 Å². The highest BCUT2D eigenvalue weighted by Crippen LogP contribution is 2.31. The molecular formula is C13H15N3. The van der Waals surface area contributed by atoms with E-state index in [1.807, 2.05) is 25.4 Å². The Morgan fingerprint density at radius 2 is 2.19 bits per heavy atom. The second-order valence-electron chi connectivity index (χ2n) is 4.57. The zero-order valence-corrected chi connectivity index (χ0v) is 9.43. The van der Waals surface area contributed by atoms with Gasteiger partial charge < -0.3 is 4.57 Å². The van der Waals surface area contributed by atoms with Crippen LogP contribution in [0.2, 0.25) is 0 Å². The van der Waals surface area contributed by atoms with Crippen LogP contribution in [-0.2, 0) is 6.54 Å². The van der Waals surface area contributed by atoms with E-state index in [0.717, 1.165) is 24.0 Å². The summed E-state index contributed by atoms with van der Waals surface area (Å²) in [5, 5.41) is 0. The van der Waals surface area contributed by atoms with Gasteiger partial charge in [-0.25, -0.2) is 4.98 Å². The van der Waals surface area contributed by atoms with Gasteiger partial charge in [-0.2, -0.15) is 0 Å². The predicted octanol–water partition coefficient (Wildman–Crippen LogP) is 2.66. The lowest BCUT2D eigenvalue weighted by Crippen LogP contribution is -2.02. The van der Waals surface area contributed by atoms with Crippen LogP contribution in [0.15, 0.2) is 30.7 Å². The van der Waals surface area contributed by atoms with Gasteiger partial charge in [-0.05, 0) is 37.3 Å². The van der Waals surface area contributed by atoms with Crippen LogP contribution in [-0.4, -0.2) is 14.5 Å². The molecular weight excluding hydrogens is 198 g/mol. The van der Waals surface area contributed by atoms with E-state index in [9.17, 15) is 0 Å². The van der Waals surface area contributed by atoms with E-state index in [1.165, 1.54) is 18.4 Å². The molecule has 0 aromatic carbocycles. The summed E-state index contributed by atoms with van der Waals surface area (Å²) < 4.78 is 2.22. The highest BCUT2D eigenvalue weighted by molar-refractivity contribution is 5.49. The van der Waals surface area contributed by atoms with Crippen LogP contribution < -0.4 is 0 Å². The minimum atomic E-state index is 0.860. The van der Waals surface area contributed by atoms with E-state index < -0.39 is 0 Å². The van der Waals surface area contributed by atoms with E-state index in [4.69, 9.17) is 0 Å². The first-order chi connectivity index (χ1) is 7.83. The molecule has 0 amide bonds. The van der Waals surface area contributed by atoms with Gasteiger partial charge in [0.1, 0.15) is 5.69 Å². The summed E-state index contributed by atoms with van der Waals surface area (Å²) in [5.74, 6) is 1.85. The fourth-order valence-corrected chi connectivity index (χ4v) is 1.87. The van der Waals surface area contributed by atoms with E-state index in [1.54, 1.807) is 0 Å². The van der Waals surface area contributed by atoms with Crippen molar-refractivity contribution in [1.29, 1.82) is 0 Å². The lowest BCUT2D eigenvalue weighted by Gasteiger charge is -2.06. The van der Waals surface area contributed by atoms with Crippen molar-refractivity contribution in [2.75, 3.05) is 0 Å². The Morgan fingerprint density at radius 3 is 2.88 bits per heavy atom. The molecule has 16 heavy (non-hydrogen) atoms. The molecule has 0 N–H and O–H groups in total. The van der Waals surface area contributed by atoms with E-state index >= 15 is 0 Å². The van der Waals surface area contributed by atoms with Crippen LogP contribution in [0.25, 0.3) is 11.5 Å². The number of aromatic nitrogens is 3. The number of rotatable bonds is 3. The summed E-state index contributed by atoms with van der Waals surface area (Å²) in [4.78, 5) is 8.82. The Bertz CT molecular complexity index is 480. The van der Waals surface area contributed by atoms with Gasteiger partial charge in [0.05, 0.1) is 0 Å². The molecule has 1 aliphatic rings. The fraction of sp³-hybridized carbons (Fsp3) is 0.385. The molecule has 0 unspecified atom stereocenters. The molecule has 2 aromatic rings. The molecule has 2 heterocycles. The monoisotopic (exact) mass is 213 g/mol. The largest absolute Gasteiger partial charge is 0.329 e. The molecule has 1 aliphatic carbocycles. The summed E-state index contributed by atoms with van der Waals surface area (Å²) in [7, 11) is 0. The normalized spacial score (nSPS) is 15.3. The topological polar surface area (TPSA) is 30.7 Å². The lowest BCUT2D eigenvalue weighted by molar-refractivity contribution is 0.631. The quantitative estimate of drug-likeness (QED) is 0.784. The second-order valence-corrected chi connectivity index (χ2v) is 4.57. The average molecular weight is 213 g/mol. The third kappa shape index (κ3) is 1.85. The Kier molecular flexibility index (Phi) is 2.24. The van der Waals surface area contributed by atoms with Crippen LogP contribution in [0.4, 0.5) is 0 Å². The average Bonchev–Trinajstić information content (AvgIpc) is 2.97. The van der Waals surface area contributed by atoms with Gasteiger partial charge in [-0.15, -0.1) is 0 Å². The van der Waals surface area contributed by atoms with Crippen molar-refractivity contribution in [3.8, 4) is 11.5 Å². The third-order valence-electron chi connectivity index (χ3n) is 3.01. The molecule has 3 heteroatoms. The predicted molar refractivity (Wildman–Crippen MR) is 62.9 cm³/mol. The number of hydrogen-bond acceptors (Lipinski definition) is 2. The molecule has 0 radical (unpaired) electrons. The van der Waals surface area contributed by atoms with E-state index in [0.29, 0.717) is 0 Å². The standard InChI is InChI=1S/C13H15N3/c1-10-2-5-12(15-8-10)13-14-6-7-16(13)9-11-3-4-11/h2,5-8,11H,3-4,9H2,1H3. The summed E-state index contributed by atoms with van der Waals surface area (Å²) in [5.41, 5.74) is 2.15. The Morgan fingerprint density at radius 1 is 1.31 bits per heavy atom. The molecule has 2 aromatic heterocycles. The molecule has 1 saturated carbocycles. The Labute approximate surface area is 95.2 Å². The Balaban J connectivity index is 1.92. The van der Waals surface area contributed by atoms with Gasteiger partial charge in [0.2, 0.25) is 0 Å². The molecule has 3 rings (SSSR count). The van der Waals surface area contributed by atoms with Crippen LogP contribution in [0.5, 0.6) is 0 Å². The van der Waals surface area contributed by atoms with Crippen LogP contribution in [0.1, 0.15) is 18.4 Å². The second kappa shape index (κ2) is 3.74. The van der Waals surface area contributed by atoms with Gasteiger partial charge in [0.15, 0.2) is 5.82 Å². The highest BCUT2D eigenvalue weighted by Gasteiger charge is 2.22. The first kappa shape index (κ1) is 9.58. The van der Waals surface area contributed by atoms with Crippen molar-refractivity contribution >= 4 is 0 Å². The Hall–Kier alpha value is -1.64. The zero-order chi connectivity index (χ0) is 11.0. The molecule has 0 spiro atoms. The number of aryl methyl sites for hydroxylation is 1. The maximum atomic E-state index is 4.43. The van der Waals surface area contributed by atoms with Crippen molar-refractivity contribution in [2.45, 2.75) is 26.3 Å². The van der Waals surface area contributed by atoms with Crippen LogP contribution >= 0.6 is 0 Å². The summed E-state index contributed by atoms with van der Waals surface area (Å²) in [6.45, 7) is 3.14. The molecule has 0 aliphatic heterocycles. The zero-order valence-electron chi connectivity index (χ0n) is 9.43. The number of pyridine rings is 1. The number of nitrogens with zero attached hydrogens (tertiary/aromatic N) is 3. The minimum Gasteiger partial charge on any atom is -0.329 e. The molecule has 3 nitrogen and oxygen atoms in total. The maximum Gasteiger partial charge on any atom is 0.158 e. The molecule has 0 atom stereocenters. The van der Waals surface area contributed by atoms with Crippen molar-refractivity contribution in [3.63, 3.8) is 0 Å². The SMILES string of the molecule is Cc1ccc(-c2nccn2CC2CC2)nc1. The van der Waals surface area contributed by atoms with Gasteiger partial charge in [-0.1, -0.05) is 6.07 Å². The minimum absolute atomic E-state index is 0.860. The third-order valence-corrected chi connectivity index (χ3v) is 3.01. The highest BCUT2D eigenvalue weighted by atomic mass is 15.1. The first-order valence-electron chi connectivity index (χ1n) is 5.77. The van der Waals surface area contributed by atoms with E-state index in [2.05, 4.69) is 26.8 Å². The summed E-state index contributed by atoms with van der Waals surface area (Å²) >= 11 is 0. The molecule has 0 saturated heterocycles. The van der Waals surface area contributed by atoms with Crippen molar-refractivity contribution < 1.29 is 0 Å². The molecule has 0 bridgehead atoms. The smallest absolute Gasteiger partial charge is 0.158 e. The number of hydrogen-bond donors (Lipinski definition) is 0.